The Balaban J connectivity index is 2.24. The molecule has 25 heavy (non-hydrogen) atoms. The van der Waals surface area contributed by atoms with Crippen LogP contribution in [0.2, 0.25) is 5.21 Å². The van der Waals surface area contributed by atoms with Crippen molar-refractivity contribution < 1.29 is 29.4 Å². The SMILES string of the molecule is [B]C1([B])C(O)(O)C(=O)NC(=O)[C@@]1([B])N1C(=O)c2cccc(N)c2C1=O. The molecular formula is C13H8B3N3O6. The normalized spacial score (nSPS) is 27.2. The van der Waals surface area contributed by atoms with Crippen LogP contribution in [0.1, 0.15) is 20.7 Å². The van der Waals surface area contributed by atoms with Gasteiger partial charge in [-0.05, 0) is 17.3 Å². The molecule has 0 unspecified atom stereocenters. The lowest BCUT2D eigenvalue weighted by molar-refractivity contribution is -0.206. The second kappa shape index (κ2) is 4.74. The second-order valence-corrected chi connectivity index (χ2v) is 5.81. The number of hydrogen-bond acceptors (Lipinski definition) is 7. The molecule has 1 aromatic rings. The number of nitrogen functional groups attached to an aromatic ring is 1. The maximum absolute atomic E-state index is 12.7. The van der Waals surface area contributed by atoms with Crippen molar-refractivity contribution in [3.05, 3.63) is 29.3 Å². The Bertz CT molecular complexity index is 871. The first-order valence-corrected chi connectivity index (χ1v) is 6.83. The number of hydrogen-bond donors (Lipinski definition) is 4. The zero-order chi connectivity index (χ0) is 18.9. The summed E-state index contributed by atoms with van der Waals surface area (Å²) in [5.41, 5.74) is 2.17. The summed E-state index contributed by atoms with van der Waals surface area (Å²) in [5.74, 6) is -8.89. The van der Waals surface area contributed by atoms with Crippen molar-refractivity contribution in [2.75, 3.05) is 5.73 Å². The third-order valence-electron chi connectivity index (χ3n) is 4.40. The van der Waals surface area contributed by atoms with Crippen LogP contribution >= 0.6 is 0 Å². The lowest BCUT2D eigenvalue weighted by atomic mass is 9.34. The monoisotopic (exact) mass is 335 g/mol. The number of amides is 4. The van der Waals surface area contributed by atoms with Crippen molar-refractivity contribution >= 4 is 52.9 Å². The third kappa shape index (κ3) is 1.78. The van der Waals surface area contributed by atoms with Gasteiger partial charge in [-0.2, -0.15) is 0 Å². The number of nitrogens with one attached hydrogen (secondary N) is 1. The number of piperidine rings is 1. The molecule has 0 aliphatic carbocycles. The highest BCUT2D eigenvalue weighted by atomic mass is 16.5. The van der Waals surface area contributed by atoms with Crippen molar-refractivity contribution in [1.82, 2.24) is 10.2 Å². The maximum atomic E-state index is 12.7. The van der Waals surface area contributed by atoms with Crippen LogP contribution in [0.3, 0.4) is 0 Å². The van der Waals surface area contributed by atoms with Crippen LogP contribution in [0, 0.1) is 0 Å². The summed E-state index contributed by atoms with van der Waals surface area (Å²) in [6.07, 6.45) is 0. The number of carbonyl (C=O) groups is 4. The largest absolute Gasteiger partial charge is 0.398 e. The smallest absolute Gasteiger partial charge is 0.285 e. The minimum Gasteiger partial charge on any atom is -0.398 e. The van der Waals surface area contributed by atoms with E-state index in [1.54, 1.807) is 0 Å². The Labute approximate surface area is 144 Å². The third-order valence-corrected chi connectivity index (χ3v) is 4.40. The highest BCUT2D eigenvalue weighted by Gasteiger charge is 2.69. The molecule has 4 amide bonds. The number of rotatable bonds is 1. The minimum atomic E-state index is -3.56. The zero-order valence-electron chi connectivity index (χ0n) is 12.5. The van der Waals surface area contributed by atoms with Crippen molar-refractivity contribution in [2.45, 2.75) is 16.4 Å². The average molecular weight is 335 g/mol. The van der Waals surface area contributed by atoms with E-state index >= 15 is 0 Å². The molecule has 1 saturated heterocycles. The molecule has 3 rings (SSSR count). The van der Waals surface area contributed by atoms with E-state index in [1.165, 1.54) is 23.5 Å². The van der Waals surface area contributed by atoms with Crippen molar-refractivity contribution in [1.29, 1.82) is 0 Å². The number of nitrogens with zero attached hydrogens (tertiary/aromatic N) is 1. The van der Waals surface area contributed by atoms with Gasteiger partial charge in [-0.25, -0.2) is 0 Å². The molecule has 0 spiro atoms. The van der Waals surface area contributed by atoms with E-state index in [0.29, 0.717) is 0 Å². The number of benzene rings is 1. The molecule has 1 fully saturated rings. The van der Waals surface area contributed by atoms with Gasteiger partial charge in [0.2, 0.25) is 11.7 Å². The van der Waals surface area contributed by atoms with E-state index in [4.69, 9.17) is 29.3 Å². The highest BCUT2D eigenvalue weighted by molar-refractivity contribution is 6.54. The van der Waals surface area contributed by atoms with Gasteiger partial charge in [-0.15, -0.1) is 0 Å². The summed E-state index contributed by atoms with van der Waals surface area (Å²) in [6.45, 7) is 0. The van der Waals surface area contributed by atoms with E-state index in [9.17, 15) is 29.4 Å². The molecule has 120 valence electrons. The van der Waals surface area contributed by atoms with E-state index in [1.807, 2.05) is 0 Å². The molecule has 1 aromatic carbocycles. The maximum Gasteiger partial charge on any atom is 0.285 e. The fraction of sp³-hybridized carbons (Fsp3) is 0.231. The first-order valence-electron chi connectivity index (χ1n) is 6.83. The van der Waals surface area contributed by atoms with Gasteiger partial charge in [0.15, 0.2) is 0 Å². The van der Waals surface area contributed by atoms with Crippen LogP contribution in [0.15, 0.2) is 18.2 Å². The predicted molar refractivity (Wildman–Crippen MR) is 84.4 cm³/mol. The van der Waals surface area contributed by atoms with Crippen LogP contribution in [0.25, 0.3) is 0 Å². The molecule has 0 bridgehead atoms. The Morgan fingerprint density at radius 3 is 2.16 bits per heavy atom. The summed E-state index contributed by atoms with van der Waals surface area (Å²) >= 11 is 0. The lowest BCUT2D eigenvalue weighted by Gasteiger charge is -2.56. The number of fused-ring (bicyclic) bond motifs is 1. The van der Waals surface area contributed by atoms with Gasteiger partial charge in [0.25, 0.3) is 17.7 Å². The van der Waals surface area contributed by atoms with E-state index in [0.717, 1.165) is 0 Å². The van der Waals surface area contributed by atoms with Gasteiger partial charge in [0.05, 0.1) is 32.3 Å². The van der Waals surface area contributed by atoms with Crippen LogP contribution < -0.4 is 11.1 Å². The zero-order valence-corrected chi connectivity index (χ0v) is 12.5. The fourth-order valence-electron chi connectivity index (χ4n) is 2.85. The molecule has 0 aromatic heterocycles. The molecule has 12 heteroatoms. The number of aliphatic hydroxyl groups is 2. The van der Waals surface area contributed by atoms with Gasteiger partial charge >= 0.3 is 0 Å². The first kappa shape index (κ1) is 17.2. The quantitative estimate of drug-likeness (QED) is 0.180. The second-order valence-electron chi connectivity index (χ2n) is 5.81. The van der Waals surface area contributed by atoms with Crippen LogP contribution in [0.5, 0.6) is 0 Å². The summed E-state index contributed by atoms with van der Waals surface area (Å²) in [6, 6.07) is 3.97. The van der Waals surface area contributed by atoms with Gasteiger partial charge in [0, 0.05) is 5.69 Å². The average Bonchev–Trinajstić information content (AvgIpc) is 2.77. The Kier molecular flexibility index (Phi) is 3.27. The van der Waals surface area contributed by atoms with Crippen molar-refractivity contribution in [3.63, 3.8) is 0 Å². The van der Waals surface area contributed by atoms with Crippen molar-refractivity contribution in [2.24, 2.45) is 0 Å². The molecule has 2 heterocycles. The molecule has 0 saturated carbocycles. The van der Waals surface area contributed by atoms with Crippen LogP contribution in [-0.2, 0) is 9.59 Å². The lowest BCUT2D eigenvalue weighted by Crippen LogP contribution is -2.80. The predicted octanol–water partition coefficient (Wildman–Crippen LogP) is -3.48. The topological polar surface area (TPSA) is 150 Å². The summed E-state index contributed by atoms with van der Waals surface area (Å²) in [7, 11) is 17.0. The Morgan fingerprint density at radius 2 is 1.60 bits per heavy atom. The Morgan fingerprint density at radius 1 is 1.00 bits per heavy atom. The van der Waals surface area contributed by atoms with Crippen molar-refractivity contribution in [3.8, 4) is 0 Å². The number of nitrogens with two attached hydrogens (primary N) is 1. The number of imide groups is 2. The number of anilines is 1. The Hall–Kier alpha value is -2.59. The van der Waals surface area contributed by atoms with Gasteiger partial charge in [-0.1, -0.05) is 6.07 Å². The van der Waals surface area contributed by atoms with E-state index < -0.39 is 40.1 Å². The molecule has 2 aliphatic heterocycles. The molecule has 9 nitrogen and oxygen atoms in total. The number of carbonyl (C=O) groups excluding carboxylic acids is 4. The van der Waals surface area contributed by atoms with Crippen LogP contribution in [0.4, 0.5) is 5.69 Å². The molecule has 1 atom stereocenters. The summed E-state index contributed by atoms with van der Waals surface area (Å²) < 4.78 is 0. The van der Waals surface area contributed by atoms with E-state index in [-0.39, 0.29) is 21.7 Å². The summed E-state index contributed by atoms with van der Waals surface area (Å²) in [5, 5.41) is 18.2. The van der Waals surface area contributed by atoms with Gasteiger partial charge in [-0.3, -0.25) is 29.4 Å². The fourth-order valence-corrected chi connectivity index (χ4v) is 2.85. The molecule has 5 N–H and O–H groups in total. The molecule has 2 aliphatic rings. The summed E-state index contributed by atoms with van der Waals surface area (Å²) in [4.78, 5) is 49.4. The minimum absolute atomic E-state index is 0.0758. The standard InChI is InChI=1S/C13H8B3N3O6/c14-11(9(22)18-10(23)12(24,25)13(11,15)16)19-7(20)4-2-1-3-5(17)6(4)8(19)21/h1-3,24-25H,17H2,(H,18,22,23)/t11-/m1/s1. The van der Waals surface area contributed by atoms with Gasteiger partial charge < -0.3 is 15.9 Å². The first-order chi connectivity index (χ1) is 11.4. The van der Waals surface area contributed by atoms with Gasteiger partial charge in [0.1, 0.15) is 7.85 Å². The van der Waals surface area contributed by atoms with Crippen LogP contribution in [-0.4, -0.2) is 73.5 Å². The highest BCUT2D eigenvalue weighted by Crippen LogP contribution is 2.48. The molecular weight excluding hydrogens is 327 g/mol. The van der Waals surface area contributed by atoms with E-state index in [2.05, 4.69) is 0 Å². The molecule has 6 radical (unpaired) electrons.